The predicted octanol–water partition coefficient (Wildman–Crippen LogP) is 6.44. The van der Waals surface area contributed by atoms with Crippen LogP contribution in [0.4, 0.5) is 5.69 Å². The van der Waals surface area contributed by atoms with E-state index in [0.717, 1.165) is 38.8 Å². The van der Waals surface area contributed by atoms with Crippen molar-refractivity contribution >= 4 is 35.4 Å². The summed E-state index contributed by atoms with van der Waals surface area (Å²) < 4.78 is 15.4. The summed E-state index contributed by atoms with van der Waals surface area (Å²) >= 11 is 0. The number of unbranched alkanes of at least 4 members (excludes halogenated alkanes) is 2. The first kappa shape index (κ1) is 35.2. The molecule has 0 fully saturated rings. The highest BCUT2D eigenvalue weighted by molar-refractivity contribution is 5.97. The van der Waals surface area contributed by atoms with Crippen molar-refractivity contribution in [3.8, 4) is 17.2 Å². The Morgan fingerprint density at radius 3 is 1.59 bits per heavy atom. The molecule has 0 saturated heterocycles. The largest absolute Gasteiger partial charge is 0.426 e. The number of hydrogen-bond acceptors (Lipinski definition) is 8. The van der Waals surface area contributed by atoms with Gasteiger partial charge in [0.2, 0.25) is 5.91 Å². The van der Waals surface area contributed by atoms with Crippen LogP contribution in [0.5, 0.6) is 17.2 Å². The minimum absolute atomic E-state index is 0.0613. The Kier molecular flexibility index (Phi) is 14.8. The number of nitrogens with zero attached hydrogens (tertiary/aromatic N) is 1. The van der Waals surface area contributed by atoms with Crippen molar-refractivity contribution in [1.82, 2.24) is 4.90 Å². The number of hydrogen-bond donors (Lipinski definition) is 1. The first-order valence-electron chi connectivity index (χ1n) is 14.5. The van der Waals surface area contributed by atoms with Gasteiger partial charge in [0.15, 0.2) is 0 Å². The van der Waals surface area contributed by atoms with Gasteiger partial charge in [-0.3, -0.25) is 19.2 Å². The summed E-state index contributed by atoms with van der Waals surface area (Å²) in [6.07, 6.45) is 4.04. The number of rotatable bonds is 12. The van der Waals surface area contributed by atoms with Crippen LogP contribution < -0.4 is 19.5 Å². The van der Waals surface area contributed by atoms with Crippen LogP contribution in [0.2, 0.25) is 0 Å². The van der Waals surface area contributed by atoms with Crippen LogP contribution in [0.3, 0.4) is 0 Å². The third kappa shape index (κ3) is 12.1. The maximum Gasteiger partial charge on any atom is 0.347 e. The molecule has 3 rings (SSSR count). The van der Waals surface area contributed by atoms with Gasteiger partial charge in [0, 0.05) is 39.5 Å². The van der Waals surface area contributed by atoms with Gasteiger partial charge < -0.3 is 24.4 Å². The molecule has 0 heterocycles. The van der Waals surface area contributed by atoms with Crippen molar-refractivity contribution in [2.24, 2.45) is 0 Å². The van der Waals surface area contributed by atoms with Gasteiger partial charge in [-0.25, -0.2) is 4.79 Å². The number of nitrogens with one attached hydrogen (secondary N) is 1. The minimum Gasteiger partial charge on any atom is -0.426 e. The third-order valence-corrected chi connectivity index (χ3v) is 5.97. The normalized spacial score (nSPS) is 10.0. The summed E-state index contributed by atoms with van der Waals surface area (Å²) in [7, 11) is 0. The first-order chi connectivity index (χ1) is 21.0. The second-order valence-electron chi connectivity index (χ2n) is 9.77. The van der Waals surface area contributed by atoms with E-state index in [2.05, 4.69) is 19.2 Å². The first-order valence-corrected chi connectivity index (χ1v) is 14.5. The molecule has 2 amide bonds. The van der Waals surface area contributed by atoms with Crippen LogP contribution in [-0.2, 0) is 14.4 Å². The van der Waals surface area contributed by atoms with Crippen molar-refractivity contribution in [2.45, 2.75) is 60.3 Å². The zero-order valence-electron chi connectivity index (χ0n) is 25.9. The van der Waals surface area contributed by atoms with Gasteiger partial charge >= 0.3 is 17.9 Å². The van der Waals surface area contributed by atoms with Crippen LogP contribution in [0.15, 0.2) is 72.8 Å². The van der Waals surface area contributed by atoms with Gasteiger partial charge in [-0.1, -0.05) is 51.0 Å². The molecule has 10 nitrogen and oxygen atoms in total. The van der Waals surface area contributed by atoms with Crippen LogP contribution in [0.25, 0.3) is 0 Å². The maximum absolute atomic E-state index is 12.7. The lowest BCUT2D eigenvalue weighted by molar-refractivity contribution is -0.132. The maximum atomic E-state index is 12.7. The van der Waals surface area contributed by atoms with Crippen molar-refractivity contribution in [2.75, 3.05) is 18.4 Å². The fraction of sp³-hybridized carbons (Fsp3) is 0.324. The van der Waals surface area contributed by atoms with E-state index in [1.165, 1.54) is 32.9 Å². The summed E-state index contributed by atoms with van der Waals surface area (Å²) in [4.78, 5) is 59.9. The molecule has 3 aromatic rings. The van der Waals surface area contributed by atoms with Crippen LogP contribution in [-0.4, -0.2) is 47.7 Å². The van der Waals surface area contributed by atoms with Gasteiger partial charge in [0.25, 0.3) is 5.91 Å². The number of carbonyl (C=O) groups excluding carboxylic acids is 5. The van der Waals surface area contributed by atoms with Crippen LogP contribution in [0.1, 0.15) is 81.0 Å². The highest BCUT2D eigenvalue weighted by atomic mass is 16.6. The second kappa shape index (κ2) is 18.5. The van der Waals surface area contributed by atoms with E-state index >= 15 is 0 Å². The number of anilines is 1. The second-order valence-corrected chi connectivity index (χ2v) is 9.77. The fourth-order valence-corrected chi connectivity index (χ4v) is 3.92. The number of ether oxygens (including phenoxy) is 3. The third-order valence-electron chi connectivity index (χ3n) is 5.97. The van der Waals surface area contributed by atoms with Crippen molar-refractivity contribution in [3.63, 3.8) is 0 Å². The quantitative estimate of drug-likeness (QED) is 0.185. The molecule has 1 N–H and O–H groups in total. The average molecular weight is 605 g/mol. The lowest BCUT2D eigenvalue weighted by Gasteiger charge is -2.23. The Hall–Kier alpha value is -4.99. The minimum atomic E-state index is -0.644. The summed E-state index contributed by atoms with van der Waals surface area (Å²) in [5.74, 6) is -1.05. The van der Waals surface area contributed by atoms with Crippen molar-refractivity contribution in [1.29, 1.82) is 0 Å². The lowest BCUT2D eigenvalue weighted by atomic mass is 10.1. The van der Waals surface area contributed by atoms with E-state index in [1.807, 2.05) is 4.90 Å². The monoisotopic (exact) mass is 604 g/mol. The molecule has 0 saturated carbocycles. The van der Waals surface area contributed by atoms with Gasteiger partial charge in [-0.15, -0.1) is 0 Å². The van der Waals surface area contributed by atoms with Crippen LogP contribution >= 0.6 is 0 Å². The standard InChI is InChI=1S/C17H15NO5.C17H25NO3/c1-11(19)18-13-7-9-14(10-8-13)23-17(21)15-5-3-4-6-16(15)22-12(2)20;1-4-6-12-18(13-7-5-2)17(20)15-10-8-9-11-16(15)21-14(3)19/h3-10H,1-2H3,(H,18,19);8-11H,4-7,12-13H2,1-3H3. The molecule has 234 valence electrons. The van der Waals surface area contributed by atoms with Crippen LogP contribution in [0, 0.1) is 0 Å². The molecule has 0 aliphatic heterocycles. The van der Waals surface area contributed by atoms with E-state index in [1.54, 1.807) is 60.7 Å². The molecule has 44 heavy (non-hydrogen) atoms. The molecule has 3 aromatic carbocycles. The zero-order chi connectivity index (χ0) is 32.5. The summed E-state index contributed by atoms with van der Waals surface area (Å²) in [6.45, 7) is 9.69. The number of esters is 3. The molecular weight excluding hydrogens is 564 g/mol. The van der Waals surface area contributed by atoms with Gasteiger partial charge in [0.05, 0.1) is 5.56 Å². The van der Waals surface area contributed by atoms with E-state index < -0.39 is 17.9 Å². The molecule has 0 bridgehead atoms. The van der Waals surface area contributed by atoms with E-state index in [4.69, 9.17) is 14.2 Å². The summed E-state index contributed by atoms with van der Waals surface area (Å²) in [5.41, 5.74) is 1.20. The number of benzene rings is 3. The molecule has 0 unspecified atom stereocenters. The van der Waals surface area contributed by atoms with Gasteiger partial charge in [0.1, 0.15) is 22.8 Å². The molecular formula is C34H40N2O8. The number of amides is 2. The number of carbonyl (C=O) groups is 5. The topological polar surface area (TPSA) is 128 Å². The number of para-hydroxylation sites is 2. The Morgan fingerprint density at radius 2 is 1.11 bits per heavy atom. The Balaban J connectivity index is 0.000000308. The Labute approximate surface area is 258 Å². The Bertz CT molecular complexity index is 1410. The molecule has 0 radical (unpaired) electrons. The lowest BCUT2D eigenvalue weighted by Crippen LogP contribution is -2.33. The van der Waals surface area contributed by atoms with Crippen molar-refractivity contribution < 1.29 is 38.2 Å². The molecule has 0 aromatic heterocycles. The predicted molar refractivity (Wildman–Crippen MR) is 167 cm³/mol. The molecule has 0 spiro atoms. The molecule has 10 heteroatoms. The SMILES string of the molecule is CC(=O)Nc1ccc(OC(=O)c2ccccc2OC(C)=O)cc1.CCCCN(CCCC)C(=O)c1ccccc1OC(C)=O. The van der Waals surface area contributed by atoms with E-state index in [0.29, 0.717) is 22.7 Å². The molecule has 0 atom stereocenters. The summed E-state index contributed by atoms with van der Waals surface area (Å²) in [6, 6.07) is 19.6. The van der Waals surface area contributed by atoms with Gasteiger partial charge in [-0.05, 0) is 61.4 Å². The smallest absolute Gasteiger partial charge is 0.347 e. The van der Waals surface area contributed by atoms with E-state index in [9.17, 15) is 24.0 Å². The highest BCUT2D eigenvalue weighted by Gasteiger charge is 2.20. The van der Waals surface area contributed by atoms with Gasteiger partial charge in [-0.2, -0.15) is 0 Å². The molecule has 0 aliphatic carbocycles. The summed E-state index contributed by atoms with van der Waals surface area (Å²) in [5, 5.41) is 2.61. The average Bonchev–Trinajstić information content (AvgIpc) is 2.98. The van der Waals surface area contributed by atoms with E-state index in [-0.39, 0.29) is 23.1 Å². The highest BCUT2D eigenvalue weighted by Crippen LogP contribution is 2.23. The van der Waals surface area contributed by atoms with Crippen molar-refractivity contribution in [3.05, 3.63) is 83.9 Å². The Morgan fingerprint density at radius 1 is 0.636 bits per heavy atom. The molecule has 0 aliphatic rings. The zero-order valence-corrected chi connectivity index (χ0v) is 25.9. The fourth-order valence-electron chi connectivity index (χ4n) is 3.92.